The third-order valence-corrected chi connectivity index (χ3v) is 2.64. The summed E-state index contributed by atoms with van der Waals surface area (Å²) in [6.07, 6.45) is 1.42. The van der Waals surface area contributed by atoms with E-state index in [-0.39, 0.29) is 11.4 Å². The number of benzene rings is 1. The van der Waals surface area contributed by atoms with Gasteiger partial charge in [-0.25, -0.2) is 4.79 Å². The molecule has 1 aromatic carbocycles. The van der Waals surface area contributed by atoms with E-state index in [9.17, 15) is 4.79 Å². The number of hydrogen-bond acceptors (Lipinski definition) is 3. The van der Waals surface area contributed by atoms with Crippen LogP contribution in [0.1, 0.15) is 21.6 Å². The fourth-order valence-corrected chi connectivity index (χ4v) is 1.84. The minimum Gasteiger partial charge on any atom is -0.493 e. The van der Waals surface area contributed by atoms with Gasteiger partial charge in [0.25, 0.3) is 0 Å². The van der Waals surface area contributed by atoms with Crippen LogP contribution in [0, 0.1) is 6.92 Å². The molecule has 5 heteroatoms. The number of carboxylic acid groups (broad SMARTS) is 1. The summed E-state index contributed by atoms with van der Waals surface area (Å²) in [5.74, 6) is -0.771. The molecule has 1 heterocycles. The van der Waals surface area contributed by atoms with Gasteiger partial charge in [0.2, 0.25) is 0 Å². The lowest BCUT2D eigenvalue weighted by molar-refractivity contribution is 0.0680. The zero-order valence-electron chi connectivity index (χ0n) is 10.3. The molecule has 0 unspecified atom stereocenters. The summed E-state index contributed by atoms with van der Waals surface area (Å²) in [4.78, 5) is 11.2. The Kier molecular flexibility index (Phi) is 3.32. The normalized spacial score (nSPS) is 10.3. The van der Waals surface area contributed by atoms with Crippen molar-refractivity contribution in [2.24, 2.45) is 0 Å². The van der Waals surface area contributed by atoms with Crippen molar-refractivity contribution in [2.45, 2.75) is 13.5 Å². The van der Waals surface area contributed by atoms with Crippen LogP contribution in [0.4, 0.5) is 0 Å². The number of hydrogen-bond donors (Lipinski definition) is 1. The lowest BCUT2D eigenvalue weighted by atomic mass is 10.1. The molecule has 2 aromatic rings. The SMILES string of the molecule is COc1cnn(Cc2cccc(C)c2)c1C(=O)O. The summed E-state index contributed by atoms with van der Waals surface area (Å²) in [5, 5.41) is 13.2. The van der Waals surface area contributed by atoms with Crippen LogP contribution in [-0.4, -0.2) is 28.0 Å². The van der Waals surface area contributed by atoms with Crippen molar-refractivity contribution in [1.29, 1.82) is 0 Å². The third-order valence-electron chi connectivity index (χ3n) is 2.64. The highest BCUT2D eigenvalue weighted by Crippen LogP contribution is 2.18. The number of nitrogens with zero attached hydrogens (tertiary/aromatic N) is 2. The maximum absolute atomic E-state index is 11.2. The summed E-state index contributed by atoms with van der Waals surface area (Å²) >= 11 is 0. The maximum atomic E-state index is 11.2. The highest BCUT2D eigenvalue weighted by Gasteiger charge is 2.18. The summed E-state index contributed by atoms with van der Waals surface area (Å²) in [6, 6.07) is 7.86. The topological polar surface area (TPSA) is 64.4 Å². The molecule has 0 aliphatic rings. The van der Waals surface area contributed by atoms with E-state index in [1.165, 1.54) is 18.0 Å². The molecule has 0 spiro atoms. The first-order chi connectivity index (χ1) is 8.61. The highest BCUT2D eigenvalue weighted by atomic mass is 16.5. The van der Waals surface area contributed by atoms with Gasteiger partial charge in [-0.3, -0.25) is 4.68 Å². The first-order valence-corrected chi connectivity index (χ1v) is 5.50. The van der Waals surface area contributed by atoms with Gasteiger partial charge in [0.15, 0.2) is 11.4 Å². The molecule has 0 fully saturated rings. The summed E-state index contributed by atoms with van der Waals surface area (Å²) < 4.78 is 6.41. The Morgan fingerprint density at radius 2 is 2.28 bits per heavy atom. The molecule has 18 heavy (non-hydrogen) atoms. The van der Waals surface area contributed by atoms with Gasteiger partial charge < -0.3 is 9.84 Å². The number of ether oxygens (including phenoxy) is 1. The fourth-order valence-electron chi connectivity index (χ4n) is 1.84. The molecule has 0 aliphatic carbocycles. The molecule has 1 N–H and O–H groups in total. The van der Waals surface area contributed by atoms with E-state index in [0.717, 1.165) is 11.1 Å². The molecule has 94 valence electrons. The van der Waals surface area contributed by atoms with Gasteiger partial charge in [-0.15, -0.1) is 0 Å². The maximum Gasteiger partial charge on any atom is 0.358 e. The van der Waals surface area contributed by atoms with Gasteiger partial charge in [0.1, 0.15) is 0 Å². The van der Waals surface area contributed by atoms with Crippen LogP contribution in [0.3, 0.4) is 0 Å². The number of aryl methyl sites for hydroxylation is 1. The average molecular weight is 246 g/mol. The minimum atomic E-state index is -1.04. The van der Waals surface area contributed by atoms with Gasteiger partial charge in [-0.2, -0.15) is 5.10 Å². The smallest absolute Gasteiger partial charge is 0.358 e. The van der Waals surface area contributed by atoms with E-state index in [0.29, 0.717) is 6.54 Å². The Morgan fingerprint density at radius 3 is 2.89 bits per heavy atom. The third kappa shape index (κ3) is 2.34. The monoisotopic (exact) mass is 246 g/mol. The van der Waals surface area contributed by atoms with Gasteiger partial charge in [0.05, 0.1) is 19.9 Å². The zero-order valence-corrected chi connectivity index (χ0v) is 10.3. The Labute approximate surface area is 105 Å². The van der Waals surface area contributed by atoms with E-state index in [1.54, 1.807) is 0 Å². The van der Waals surface area contributed by atoms with E-state index >= 15 is 0 Å². The summed E-state index contributed by atoms with van der Waals surface area (Å²) in [6.45, 7) is 2.40. The lowest BCUT2D eigenvalue weighted by Crippen LogP contribution is -2.11. The van der Waals surface area contributed by atoms with Crippen molar-refractivity contribution in [3.8, 4) is 5.75 Å². The van der Waals surface area contributed by atoms with Crippen molar-refractivity contribution in [3.05, 3.63) is 47.3 Å². The second-order valence-electron chi connectivity index (χ2n) is 4.01. The van der Waals surface area contributed by atoms with E-state index < -0.39 is 5.97 Å². The van der Waals surface area contributed by atoms with Crippen molar-refractivity contribution >= 4 is 5.97 Å². The van der Waals surface area contributed by atoms with Gasteiger partial charge in [0, 0.05) is 0 Å². The van der Waals surface area contributed by atoms with Crippen molar-refractivity contribution in [1.82, 2.24) is 9.78 Å². The number of methoxy groups -OCH3 is 1. The fraction of sp³-hybridized carbons (Fsp3) is 0.231. The standard InChI is InChI=1S/C13H14N2O3/c1-9-4-3-5-10(6-9)8-15-12(13(16)17)11(18-2)7-14-15/h3-7H,8H2,1-2H3,(H,16,17). The van der Waals surface area contributed by atoms with Crippen LogP contribution in [0.5, 0.6) is 5.75 Å². The lowest BCUT2D eigenvalue weighted by Gasteiger charge is -2.06. The number of aromatic carboxylic acids is 1. The van der Waals surface area contributed by atoms with Crippen LogP contribution >= 0.6 is 0 Å². The zero-order chi connectivity index (χ0) is 13.1. The number of carbonyl (C=O) groups is 1. The van der Waals surface area contributed by atoms with Crippen molar-refractivity contribution < 1.29 is 14.6 Å². The van der Waals surface area contributed by atoms with E-state index in [4.69, 9.17) is 9.84 Å². The van der Waals surface area contributed by atoms with Crippen LogP contribution in [0.2, 0.25) is 0 Å². The largest absolute Gasteiger partial charge is 0.493 e. The predicted octanol–water partition coefficient (Wildman–Crippen LogP) is 1.95. The second-order valence-corrected chi connectivity index (χ2v) is 4.01. The quantitative estimate of drug-likeness (QED) is 0.895. The molecule has 2 rings (SSSR count). The van der Waals surface area contributed by atoms with Gasteiger partial charge in [-0.05, 0) is 12.5 Å². The molecule has 0 saturated heterocycles. The second kappa shape index (κ2) is 4.91. The Bertz CT molecular complexity index is 575. The van der Waals surface area contributed by atoms with Crippen LogP contribution < -0.4 is 4.74 Å². The Balaban J connectivity index is 2.35. The predicted molar refractivity (Wildman–Crippen MR) is 66.0 cm³/mol. The number of carboxylic acids is 1. The van der Waals surface area contributed by atoms with Crippen LogP contribution in [-0.2, 0) is 6.54 Å². The van der Waals surface area contributed by atoms with Crippen LogP contribution in [0.15, 0.2) is 30.5 Å². The molecule has 5 nitrogen and oxygen atoms in total. The molecule has 0 atom stereocenters. The van der Waals surface area contributed by atoms with E-state index in [2.05, 4.69) is 5.10 Å². The first kappa shape index (κ1) is 12.2. The average Bonchev–Trinajstić information content (AvgIpc) is 2.72. The minimum absolute atomic E-state index is 0.0685. The molecule has 0 aliphatic heterocycles. The number of aromatic nitrogens is 2. The van der Waals surface area contributed by atoms with E-state index in [1.807, 2.05) is 31.2 Å². The van der Waals surface area contributed by atoms with Gasteiger partial charge in [-0.1, -0.05) is 29.8 Å². The molecular weight excluding hydrogens is 232 g/mol. The van der Waals surface area contributed by atoms with Crippen LogP contribution in [0.25, 0.3) is 0 Å². The first-order valence-electron chi connectivity index (χ1n) is 5.50. The molecule has 0 amide bonds. The molecular formula is C13H14N2O3. The van der Waals surface area contributed by atoms with Crippen molar-refractivity contribution in [3.63, 3.8) is 0 Å². The van der Waals surface area contributed by atoms with Gasteiger partial charge >= 0.3 is 5.97 Å². The highest BCUT2D eigenvalue weighted by molar-refractivity contribution is 5.88. The summed E-state index contributed by atoms with van der Waals surface area (Å²) in [7, 11) is 1.43. The van der Waals surface area contributed by atoms with Crippen molar-refractivity contribution in [2.75, 3.05) is 7.11 Å². The number of rotatable bonds is 4. The Hall–Kier alpha value is -2.30. The molecule has 0 bridgehead atoms. The molecule has 0 radical (unpaired) electrons. The molecule has 1 aromatic heterocycles. The Morgan fingerprint density at radius 1 is 1.50 bits per heavy atom. The summed E-state index contributed by atoms with van der Waals surface area (Å²) in [5.41, 5.74) is 2.20. The molecule has 0 saturated carbocycles.